The number of unbranched alkanes of at least 4 members (excludes halogenated alkanes) is 6. The number of likely N-dealkylation sites (tertiary alicyclic amines) is 1. The van der Waals surface area contributed by atoms with Crippen LogP contribution in [0.4, 0.5) is 0 Å². The molecule has 3 atom stereocenters. The Bertz CT molecular complexity index is 291. The van der Waals surface area contributed by atoms with Gasteiger partial charge < -0.3 is 5.73 Å². The van der Waals surface area contributed by atoms with E-state index in [4.69, 9.17) is 5.73 Å². The standard InChI is InChI=1S/C19H38N2/c1-3-5-7-8-10-12-17(11-9-6-4-2)21-14-13-19(16-21)15-18(19)20/h17-18H,3-16,20H2,1-2H3. The SMILES string of the molecule is CCCCCCCC(CCCCC)N1CCC2(CC2N)C1. The Balaban J connectivity index is 1.72. The molecule has 3 unspecified atom stereocenters. The third-order valence-electron chi connectivity index (χ3n) is 5.97. The van der Waals surface area contributed by atoms with Crippen LogP contribution in [0.15, 0.2) is 0 Å². The van der Waals surface area contributed by atoms with E-state index in [0.29, 0.717) is 11.5 Å². The molecule has 21 heavy (non-hydrogen) atoms. The minimum atomic E-state index is 0.517. The van der Waals surface area contributed by atoms with Crippen molar-refractivity contribution in [3.8, 4) is 0 Å². The molecule has 0 bridgehead atoms. The Hall–Kier alpha value is -0.0800. The smallest absolute Gasteiger partial charge is 0.0115 e. The van der Waals surface area contributed by atoms with Crippen molar-refractivity contribution in [2.75, 3.05) is 13.1 Å². The zero-order valence-corrected chi connectivity index (χ0v) is 14.6. The molecule has 1 saturated carbocycles. The van der Waals surface area contributed by atoms with Crippen LogP contribution in [0.25, 0.3) is 0 Å². The lowest BCUT2D eigenvalue weighted by Crippen LogP contribution is -2.34. The van der Waals surface area contributed by atoms with E-state index in [2.05, 4.69) is 18.7 Å². The van der Waals surface area contributed by atoms with E-state index in [1.165, 1.54) is 90.1 Å². The van der Waals surface area contributed by atoms with Gasteiger partial charge in [0.2, 0.25) is 0 Å². The van der Waals surface area contributed by atoms with Gasteiger partial charge in [-0.25, -0.2) is 0 Å². The maximum Gasteiger partial charge on any atom is 0.0115 e. The van der Waals surface area contributed by atoms with Crippen molar-refractivity contribution in [1.29, 1.82) is 0 Å². The van der Waals surface area contributed by atoms with Crippen molar-refractivity contribution in [3.63, 3.8) is 0 Å². The molecule has 0 aromatic carbocycles. The fourth-order valence-corrected chi connectivity index (χ4v) is 4.21. The number of nitrogens with two attached hydrogens (primary N) is 1. The van der Waals surface area contributed by atoms with Crippen molar-refractivity contribution in [1.82, 2.24) is 4.90 Å². The van der Waals surface area contributed by atoms with Crippen molar-refractivity contribution in [3.05, 3.63) is 0 Å². The molecule has 1 heterocycles. The summed E-state index contributed by atoms with van der Waals surface area (Å²) in [4.78, 5) is 2.81. The lowest BCUT2D eigenvalue weighted by molar-refractivity contribution is 0.199. The fraction of sp³-hybridized carbons (Fsp3) is 1.00. The highest BCUT2D eigenvalue weighted by Gasteiger charge is 2.55. The summed E-state index contributed by atoms with van der Waals surface area (Å²) in [5.41, 5.74) is 6.72. The minimum Gasteiger partial charge on any atom is -0.327 e. The maximum absolute atomic E-state index is 6.17. The molecule has 1 saturated heterocycles. The second-order valence-electron chi connectivity index (χ2n) is 7.75. The van der Waals surface area contributed by atoms with E-state index in [-0.39, 0.29) is 0 Å². The monoisotopic (exact) mass is 294 g/mol. The third kappa shape index (κ3) is 4.96. The number of hydrogen-bond donors (Lipinski definition) is 1. The number of hydrogen-bond acceptors (Lipinski definition) is 2. The van der Waals surface area contributed by atoms with E-state index < -0.39 is 0 Å². The summed E-state index contributed by atoms with van der Waals surface area (Å²) in [6.45, 7) is 7.24. The van der Waals surface area contributed by atoms with E-state index in [1.54, 1.807) is 0 Å². The predicted octanol–water partition coefficient (Wildman–Crippen LogP) is 4.72. The summed E-state index contributed by atoms with van der Waals surface area (Å²) in [7, 11) is 0. The summed E-state index contributed by atoms with van der Waals surface area (Å²) in [6.07, 6.45) is 16.8. The average Bonchev–Trinajstić information content (AvgIpc) is 2.91. The Morgan fingerprint density at radius 2 is 1.57 bits per heavy atom. The van der Waals surface area contributed by atoms with Gasteiger partial charge in [-0.05, 0) is 32.2 Å². The van der Waals surface area contributed by atoms with Crippen molar-refractivity contribution in [2.45, 2.75) is 103 Å². The lowest BCUT2D eigenvalue weighted by Gasteiger charge is -2.28. The van der Waals surface area contributed by atoms with Crippen molar-refractivity contribution < 1.29 is 0 Å². The van der Waals surface area contributed by atoms with Crippen molar-refractivity contribution in [2.24, 2.45) is 11.1 Å². The van der Waals surface area contributed by atoms with Gasteiger partial charge in [0.25, 0.3) is 0 Å². The first-order valence-electron chi connectivity index (χ1n) is 9.71. The summed E-state index contributed by atoms with van der Waals surface area (Å²) in [5.74, 6) is 0. The Kier molecular flexibility index (Phi) is 7.01. The summed E-state index contributed by atoms with van der Waals surface area (Å²) < 4.78 is 0. The van der Waals surface area contributed by atoms with Crippen LogP contribution in [0.1, 0.15) is 90.9 Å². The highest BCUT2D eigenvalue weighted by Crippen LogP contribution is 2.52. The second kappa shape index (κ2) is 8.53. The van der Waals surface area contributed by atoms with Crippen LogP contribution in [0, 0.1) is 5.41 Å². The molecule has 2 N–H and O–H groups in total. The van der Waals surface area contributed by atoms with Crippen molar-refractivity contribution >= 4 is 0 Å². The van der Waals surface area contributed by atoms with Gasteiger partial charge in [0.05, 0.1) is 0 Å². The minimum absolute atomic E-state index is 0.517. The highest BCUT2D eigenvalue weighted by atomic mass is 15.2. The molecular weight excluding hydrogens is 256 g/mol. The first kappa shape index (κ1) is 17.3. The molecule has 2 aliphatic rings. The summed E-state index contributed by atoms with van der Waals surface area (Å²) in [5, 5.41) is 0. The van der Waals surface area contributed by atoms with Crippen LogP contribution in [-0.2, 0) is 0 Å². The topological polar surface area (TPSA) is 29.3 Å². The van der Waals surface area contributed by atoms with Gasteiger partial charge in [0.15, 0.2) is 0 Å². The lowest BCUT2D eigenvalue weighted by atomic mass is 9.99. The molecule has 1 spiro atoms. The van der Waals surface area contributed by atoms with Gasteiger partial charge in [0, 0.05) is 24.0 Å². The molecule has 1 aliphatic heterocycles. The first-order chi connectivity index (χ1) is 10.2. The second-order valence-corrected chi connectivity index (χ2v) is 7.75. The largest absolute Gasteiger partial charge is 0.327 e. The Morgan fingerprint density at radius 3 is 2.14 bits per heavy atom. The molecule has 0 radical (unpaired) electrons. The molecule has 2 fully saturated rings. The van der Waals surface area contributed by atoms with Gasteiger partial charge >= 0.3 is 0 Å². The van der Waals surface area contributed by atoms with Gasteiger partial charge in [-0.2, -0.15) is 0 Å². The zero-order chi connectivity index (χ0) is 15.1. The van der Waals surface area contributed by atoms with E-state index in [1.807, 2.05) is 0 Å². The van der Waals surface area contributed by atoms with Crippen LogP contribution in [0.3, 0.4) is 0 Å². The molecule has 0 amide bonds. The molecular formula is C19H38N2. The fourth-order valence-electron chi connectivity index (χ4n) is 4.21. The van der Waals surface area contributed by atoms with Gasteiger partial charge in [-0.1, -0.05) is 65.2 Å². The van der Waals surface area contributed by atoms with E-state index >= 15 is 0 Å². The van der Waals surface area contributed by atoms with Gasteiger partial charge in [-0.15, -0.1) is 0 Å². The van der Waals surface area contributed by atoms with Crippen LogP contribution < -0.4 is 5.73 Å². The van der Waals surface area contributed by atoms with Crippen LogP contribution in [0.2, 0.25) is 0 Å². The molecule has 0 aromatic rings. The summed E-state index contributed by atoms with van der Waals surface area (Å²) in [6, 6.07) is 1.37. The summed E-state index contributed by atoms with van der Waals surface area (Å²) >= 11 is 0. The van der Waals surface area contributed by atoms with E-state index in [0.717, 1.165) is 6.04 Å². The molecule has 124 valence electrons. The highest BCUT2D eigenvalue weighted by molar-refractivity contribution is 5.11. The molecule has 1 aliphatic carbocycles. The Labute approximate surface area is 132 Å². The quantitative estimate of drug-likeness (QED) is 0.559. The normalized spacial score (nSPS) is 30.1. The molecule has 2 nitrogen and oxygen atoms in total. The van der Waals surface area contributed by atoms with Gasteiger partial charge in [0.1, 0.15) is 0 Å². The van der Waals surface area contributed by atoms with Crippen LogP contribution >= 0.6 is 0 Å². The molecule has 0 aromatic heterocycles. The molecule has 2 heteroatoms. The van der Waals surface area contributed by atoms with Gasteiger partial charge in [-0.3, -0.25) is 4.90 Å². The van der Waals surface area contributed by atoms with E-state index in [9.17, 15) is 0 Å². The maximum atomic E-state index is 6.17. The zero-order valence-electron chi connectivity index (χ0n) is 14.6. The predicted molar refractivity (Wildman–Crippen MR) is 92.5 cm³/mol. The molecule has 2 rings (SSSR count). The first-order valence-corrected chi connectivity index (χ1v) is 9.71. The third-order valence-corrected chi connectivity index (χ3v) is 5.97. The van der Waals surface area contributed by atoms with Crippen LogP contribution in [-0.4, -0.2) is 30.1 Å². The number of rotatable bonds is 11. The Morgan fingerprint density at radius 1 is 1.00 bits per heavy atom. The number of nitrogens with zero attached hydrogens (tertiary/aromatic N) is 1. The average molecular weight is 295 g/mol. The van der Waals surface area contributed by atoms with Crippen LogP contribution in [0.5, 0.6) is 0 Å².